The van der Waals surface area contributed by atoms with E-state index < -0.39 is 11.6 Å². The van der Waals surface area contributed by atoms with Crippen molar-refractivity contribution in [2.45, 2.75) is 50.4 Å². The van der Waals surface area contributed by atoms with Crippen molar-refractivity contribution in [3.63, 3.8) is 0 Å². The van der Waals surface area contributed by atoms with E-state index in [-0.39, 0.29) is 28.9 Å². The molecule has 1 saturated heterocycles. The Morgan fingerprint density at radius 2 is 1.68 bits per heavy atom. The van der Waals surface area contributed by atoms with Crippen molar-refractivity contribution in [2.24, 2.45) is 0 Å². The van der Waals surface area contributed by atoms with E-state index in [1.807, 2.05) is 23.0 Å². The first-order chi connectivity index (χ1) is 17.7. The molecule has 0 bridgehead atoms. The summed E-state index contributed by atoms with van der Waals surface area (Å²) in [5.74, 6) is -1.88. The molecule has 37 heavy (non-hydrogen) atoms. The van der Waals surface area contributed by atoms with Crippen LogP contribution in [0.1, 0.15) is 49.3 Å². The quantitative estimate of drug-likeness (QED) is 0.347. The SMILES string of the molecule is C1=CCC=C1.O=C1N(CCCCCCn2cc(C3C=CC=C3)nn2)c2ccc(F)cc2C12OCCO2.[Fe+2]. The van der Waals surface area contributed by atoms with Crippen LogP contribution in [0, 0.1) is 5.82 Å². The van der Waals surface area contributed by atoms with Crippen LogP contribution in [0.2, 0.25) is 0 Å². The Kier molecular flexibility index (Phi) is 9.27. The van der Waals surface area contributed by atoms with Gasteiger partial charge in [-0.2, -0.15) is 0 Å². The Bertz CT molecular complexity index is 1180. The molecular formula is C28H31FFeN4O3+2. The van der Waals surface area contributed by atoms with Crippen LogP contribution in [0.4, 0.5) is 10.1 Å². The number of ether oxygens (including phenoxy) is 2. The van der Waals surface area contributed by atoms with Crippen LogP contribution in [0.5, 0.6) is 0 Å². The number of amides is 1. The monoisotopic (exact) mass is 546 g/mol. The van der Waals surface area contributed by atoms with Crippen molar-refractivity contribution < 1.29 is 35.7 Å². The van der Waals surface area contributed by atoms with Gasteiger partial charge in [-0.05, 0) is 37.5 Å². The van der Waals surface area contributed by atoms with Crippen molar-refractivity contribution in [2.75, 3.05) is 24.7 Å². The van der Waals surface area contributed by atoms with E-state index in [4.69, 9.17) is 9.47 Å². The summed E-state index contributed by atoms with van der Waals surface area (Å²) < 4.78 is 27.0. The average molecular weight is 546 g/mol. The van der Waals surface area contributed by atoms with Gasteiger partial charge in [-0.25, -0.2) is 4.39 Å². The molecule has 1 spiro atoms. The van der Waals surface area contributed by atoms with Crippen LogP contribution in [0.25, 0.3) is 0 Å². The number of anilines is 1. The molecule has 1 fully saturated rings. The summed E-state index contributed by atoms with van der Waals surface area (Å²) in [5.41, 5.74) is 2.13. The zero-order chi connectivity index (χ0) is 24.8. The van der Waals surface area contributed by atoms with Crippen molar-refractivity contribution in [3.05, 3.63) is 90.1 Å². The molecule has 2 aromatic rings. The largest absolute Gasteiger partial charge is 2.00 e. The van der Waals surface area contributed by atoms with Crippen molar-refractivity contribution in [1.29, 1.82) is 0 Å². The van der Waals surface area contributed by atoms with Crippen LogP contribution < -0.4 is 4.90 Å². The first-order valence-corrected chi connectivity index (χ1v) is 12.6. The first-order valence-electron chi connectivity index (χ1n) is 12.6. The van der Waals surface area contributed by atoms with Gasteiger partial charge >= 0.3 is 17.1 Å². The molecule has 0 saturated carbocycles. The van der Waals surface area contributed by atoms with E-state index in [9.17, 15) is 9.18 Å². The number of rotatable bonds is 8. The smallest absolute Gasteiger partial charge is 0.336 e. The maximum Gasteiger partial charge on any atom is 2.00 e. The number of fused-ring (bicyclic) bond motifs is 2. The van der Waals surface area contributed by atoms with Gasteiger partial charge in [0, 0.05) is 30.8 Å². The minimum atomic E-state index is -1.47. The zero-order valence-corrected chi connectivity index (χ0v) is 21.7. The Hall–Kier alpha value is -2.84. The molecule has 0 atom stereocenters. The van der Waals surface area contributed by atoms with E-state index in [1.165, 1.54) is 12.1 Å². The number of aryl methyl sites for hydroxylation is 1. The Morgan fingerprint density at radius 1 is 0.973 bits per heavy atom. The minimum absolute atomic E-state index is 0. The molecular weight excluding hydrogens is 515 g/mol. The van der Waals surface area contributed by atoms with Crippen LogP contribution in [-0.4, -0.2) is 40.7 Å². The van der Waals surface area contributed by atoms with Crippen LogP contribution >= 0.6 is 0 Å². The fraction of sp³-hybridized carbons (Fsp3) is 0.393. The molecule has 1 aromatic carbocycles. The molecule has 6 rings (SSSR count). The third kappa shape index (κ3) is 6.02. The Balaban J connectivity index is 0.000000479. The number of allylic oxidation sites excluding steroid dienone is 8. The van der Waals surface area contributed by atoms with Gasteiger partial charge in [-0.3, -0.25) is 9.48 Å². The van der Waals surface area contributed by atoms with Gasteiger partial charge in [-0.15, -0.1) is 5.10 Å². The molecule has 9 heteroatoms. The van der Waals surface area contributed by atoms with Crippen LogP contribution in [0.3, 0.4) is 0 Å². The molecule has 0 unspecified atom stereocenters. The topological polar surface area (TPSA) is 69.5 Å². The maximum atomic E-state index is 13.8. The summed E-state index contributed by atoms with van der Waals surface area (Å²) in [6.45, 7) is 2.03. The van der Waals surface area contributed by atoms with Gasteiger partial charge in [0.25, 0.3) is 11.7 Å². The summed E-state index contributed by atoms with van der Waals surface area (Å²) in [4.78, 5) is 14.7. The summed E-state index contributed by atoms with van der Waals surface area (Å²) >= 11 is 0. The number of hydrogen-bond donors (Lipinski definition) is 0. The molecule has 0 radical (unpaired) electrons. The predicted octanol–water partition coefficient (Wildman–Crippen LogP) is 4.93. The van der Waals surface area contributed by atoms with Gasteiger partial charge in [0.15, 0.2) is 0 Å². The first kappa shape index (κ1) is 27.2. The maximum absolute atomic E-state index is 13.8. The van der Waals surface area contributed by atoms with E-state index in [2.05, 4.69) is 46.8 Å². The summed E-state index contributed by atoms with van der Waals surface area (Å²) in [7, 11) is 0. The third-order valence-corrected chi connectivity index (χ3v) is 6.64. The van der Waals surface area contributed by atoms with Gasteiger partial charge in [0.1, 0.15) is 5.82 Å². The number of aromatic nitrogens is 3. The number of unbranched alkanes of at least 4 members (excludes halogenated alkanes) is 3. The number of benzene rings is 1. The third-order valence-electron chi connectivity index (χ3n) is 6.64. The molecule has 4 aliphatic rings. The van der Waals surface area contributed by atoms with Gasteiger partial charge in [0.05, 0.1) is 24.6 Å². The molecule has 194 valence electrons. The minimum Gasteiger partial charge on any atom is -0.336 e. The number of nitrogens with zero attached hydrogens (tertiary/aromatic N) is 4. The second-order valence-corrected chi connectivity index (χ2v) is 9.14. The summed E-state index contributed by atoms with van der Waals surface area (Å²) in [5, 5.41) is 8.46. The van der Waals surface area contributed by atoms with Gasteiger partial charge < -0.3 is 14.4 Å². The molecule has 3 heterocycles. The number of carbonyl (C=O) groups is 1. The average Bonchev–Trinajstić information content (AvgIpc) is 3.73. The molecule has 7 nitrogen and oxygen atoms in total. The second kappa shape index (κ2) is 12.6. The normalized spacial score (nSPS) is 18.5. The van der Waals surface area contributed by atoms with E-state index in [0.29, 0.717) is 31.0 Å². The Labute approximate surface area is 227 Å². The fourth-order valence-corrected chi connectivity index (χ4v) is 4.82. The Morgan fingerprint density at radius 3 is 2.35 bits per heavy atom. The van der Waals surface area contributed by atoms with Crippen molar-refractivity contribution in [3.8, 4) is 0 Å². The number of carbonyl (C=O) groups excluding carboxylic acids is 1. The molecule has 0 N–H and O–H groups in total. The molecule has 1 aromatic heterocycles. The zero-order valence-electron chi connectivity index (χ0n) is 20.6. The second-order valence-electron chi connectivity index (χ2n) is 9.14. The summed E-state index contributed by atoms with van der Waals surface area (Å²) in [6, 6.07) is 4.36. The van der Waals surface area contributed by atoms with E-state index in [1.54, 1.807) is 11.0 Å². The predicted molar refractivity (Wildman–Crippen MR) is 135 cm³/mol. The van der Waals surface area contributed by atoms with Crippen molar-refractivity contribution >= 4 is 11.6 Å². The molecule has 1 amide bonds. The number of hydrogen-bond acceptors (Lipinski definition) is 5. The molecule has 2 aliphatic heterocycles. The van der Waals surface area contributed by atoms with Crippen LogP contribution in [0.15, 0.2) is 73.0 Å². The number of halogens is 1. The summed E-state index contributed by atoms with van der Waals surface area (Å²) in [6.07, 6.45) is 23.6. The van der Waals surface area contributed by atoms with Gasteiger partial charge in [0.2, 0.25) is 0 Å². The van der Waals surface area contributed by atoms with Crippen molar-refractivity contribution in [1.82, 2.24) is 15.0 Å². The van der Waals surface area contributed by atoms with Gasteiger partial charge in [-0.1, -0.05) is 66.7 Å². The van der Waals surface area contributed by atoms with E-state index >= 15 is 0 Å². The molecule has 2 aliphatic carbocycles. The standard InChI is InChI=1S/C23H25FN4O3.C5H6.Fe/c24-18-9-10-21-19(15-18)23(30-13-14-31-23)22(29)28(21)12-6-2-1-5-11-27-16-20(25-26-27)17-7-3-4-8-17;1-2-4-5-3-1;/h3-4,7-10,15-17H,1-2,5-6,11-14H2;1-4H,5H2;/q;;+2. The van der Waals surface area contributed by atoms with E-state index in [0.717, 1.165) is 44.3 Å². The van der Waals surface area contributed by atoms with Crippen LogP contribution in [-0.2, 0) is 43.7 Å². The fourth-order valence-electron chi connectivity index (χ4n) is 4.82.